The molecule has 0 spiro atoms. The van der Waals surface area contributed by atoms with E-state index in [4.69, 9.17) is 4.99 Å². The Hall–Kier alpha value is -0.380. The van der Waals surface area contributed by atoms with E-state index in [1.165, 1.54) is 38.8 Å². The van der Waals surface area contributed by atoms with E-state index in [0.29, 0.717) is 5.25 Å². The lowest BCUT2D eigenvalue weighted by Crippen LogP contribution is -2.40. The van der Waals surface area contributed by atoms with Crippen LogP contribution in [0.5, 0.6) is 0 Å². The molecule has 0 aromatic rings. The molecule has 1 aliphatic heterocycles. The normalized spacial score (nSPS) is 29.2. The first-order valence-corrected chi connectivity index (χ1v) is 9.09. The van der Waals surface area contributed by atoms with E-state index in [-0.39, 0.29) is 0 Å². The summed E-state index contributed by atoms with van der Waals surface area (Å²) in [6, 6.07) is 0. The fraction of sp³-hybridized carbons (Fsp3) is 0.933. The van der Waals surface area contributed by atoms with E-state index in [9.17, 15) is 0 Å². The minimum Gasteiger partial charge on any atom is -0.357 e. The van der Waals surface area contributed by atoms with Crippen molar-refractivity contribution in [2.24, 2.45) is 16.8 Å². The number of nitrogens with one attached hydrogen (secondary N) is 1. The maximum Gasteiger partial charge on any atom is 0.193 e. The van der Waals surface area contributed by atoms with Crippen molar-refractivity contribution < 1.29 is 0 Å². The Morgan fingerprint density at radius 3 is 2.47 bits per heavy atom. The van der Waals surface area contributed by atoms with Gasteiger partial charge in [-0.1, -0.05) is 19.8 Å². The molecule has 1 saturated carbocycles. The van der Waals surface area contributed by atoms with Gasteiger partial charge in [0.1, 0.15) is 0 Å². The van der Waals surface area contributed by atoms with E-state index in [2.05, 4.69) is 30.3 Å². The summed E-state index contributed by atoms with van der Waals surface area (Å²) in [7, 11) is 0. The summed E-state index contributed by atoms with van der Waals surface area (Å²) >= 11 is 1.89. The van der Waals surface area contributed by atoms with Gasteiger partial charge < -0.3 is 10.2 Å². The Balaban J connectivity index is 1.95. The van der Waals surface area contributed by atoms with Gasteiger partial charge in [-0.2, -0.15) is 11.8 Å². The van der Waals surface area contributed by atoms with Crippen molar-refractivity contribution in [1.82, 2.24) is 10.2 Å². The quantitative estimate of drug-likeness (QED) is 0.635. The molecule has 0 radical (unpaired) electrons. The second kappa shape index (κ2) is 7.41. The van der Waals surface area contributed by atoms with Crippen molar-refractivity contribution >= 4 is 17.7 Å². The van der Waals surface area contributed by atoms with Crippen molar-refractivity contribution in [2.75, 3.05) is 32.4 Å². The molecule has 2 rings (SSSR count). The zero-order chi connectivity index (χ0) is 13.7. The first kappa shape index (κ1) is 15.0. The van der Waals surface area contributed by atoms with Gasteiger partial charge in [-0.25, -0.2) is 0 Å². The lowest BCUT2D eigenvalue weighted by Gasteiger charge is -2.22. The highest BCUT2D eigenvalue weighted by atomic mass is 32.2. The Morgan fingerprint density at radius 1 is 1.32 bits per heavy atom. The average Bonchev–Trinajstić information content (AvgIpc) is 2.86. The number of fused-ring (bicyclic) bond motifs is 1. The fourth-order valence-corrected chi connectivity index (χ4v) is 3.52. The topological polar surface area (TPSA) is 27.6 Å². The minimum atomic E-state index is 0.610. The van der Waals surface area contributed by atoms with Gasteiger partial charge >= 0.3 is 0 Å². The first-order chi connectivity index (χ1) is 9.24. The third-order valence-corrected chi connectivity index (χ3v) is 5.47. The second-order valence-electron chi connectivity index (χ2n) is 5.95. The van der Waals surface area contributed by atoms with Crippen LogP contribution in [-0.4, -0.2) is 48.5 Å². The molecule has 0 aromatic carbocycles. The van der Waals surface area contributed by atoms with Gasteiger partial charge in [0.2, 0.25) is 0 Å². The van der Waals surface area contributed by atoms with Gasteiger partial charge in [-0.3, -0.25) is 4.99 Å². The number of guanidine groups is 1. The van der Waals surface area contributed by atoms with Crippen molar-refractivity contribution in [3.05, 3.63) is 0 Å². The monoisotopic (exact) mass is 283 g/mol. The van der Waals surface area contributed by atoms with E-state index >= 15 is 0 Å². The molecule has 3 unspecified atom stereocenters. The third-order valence-electron chi connectivity index (χ3n) is 4.51. The summed E-state index contributed by atoms with van der Waals surface area (Å²) < 4.78 is 0. The van der Waals surface area contributed by atoms with Crippen LogP contribution in [0.1, 0.15) is 39.5 Å². The molecule has 1 aliphatic carbocycles. The molecule has 0 aromatic heterocycles. The Labute approximate surface area is 122 Å². The Morgan fingerprint density at radius 2 is 1.95 bits per heavy atom. The maximum atomic E-state index is 4.83. The summed E-state index contributed by atoms with van der Waals surface area (Å²) in [6.07, 6.45) is 7.90. The van der Waals surface area contributed by atoms with Gasteiger partial charge in [0.25, 0.3) is 0 Å². The summed E-state index contributed by atoms with van der Waals surface area (Å²) in [5, 5.41) is 4.09. The van der Waals surface area contributed by atoms with Crippen LogP contribution in [0.3, 0.4) is 0 Å². The molecule has 1 N–H and O–H groups in total. The van der Waals surface area contributed by atoms with Crippen molar-refractivity contribution in [3.8, 4) is 0 Å². The lowest BCUT2D eigenvalue weighted by molar-refractivity contribution is 0.299. The van der Waals surface area contributed by atoms with E-state index in [0.717, 1.165) is 30.9 Å². The van der Waals surface area contributed by atoms with Crippen LogP contribution in [0, 0.1) is 11.8 Å². The van der Waals surface area contributed by atoms with Crippen molar-refractivity contribution in [1.29, 1.82) is 0 Å². The predicted octanol–water partition coefficient (Wildman–Crippen LogP) is 2.83. The van der Waals surface area contributed by atoms with E-state index in [1.807, 2.05) is 11.8 Å². The van der Waals surface area contributed by atoms with Crippen LogP contribution in [0.2, 0.25) is 0 Å². The van der Waals surface area contributed by atoms with E-state index < -0.39 is 0 Å². The Kier molecular flexibility index (Phi) is 5.86. The highest BCUT2D eigenvalue weighted by Crippen LogP contribution is 2.35. The zero-order valence-corrected chi connectivity index (χ0v) is 13.5. The number of hydrogen-bond acceptors (Lipinski definition) is 2. The molecule has 19 heavy (non-hydrogen) atoms. The number of nitrogens with zero attached hydrogens (tertiary/aromatic N) is 2. The molecule has 110 valence electrons. The maximum absolute atomic E-state index is 4.83. The van der Waals surface area contributed by atoms with Crippen LogP contribution in [0.15, 0.2) is 4.99 Å². The summed E-state index contributed by atoms with van der Waals surface area (Å²) in [6.45, 7) is 8.76. The molecule has 1 saturated heterocycles. The van der Waals surface area contributed by atoms with Gasteiger partial charge in [0.15, 0.2) is 5.96 Å². The molecule has 2 fully saturated rings. The highest BCUT2D eigenvalue weighted by Gasteiger charge is 2.35. The van der Waals surface area contributed by atoms with Gasteiger partial charge in [-0.05, 0) is 37.9 Å². The van der Waals surface area contributed by atoms with Crippen LogP contribution in [0.4, 0.5) is 0 Å². The number of thioether (sulfide) groups is 1. The van der Waals surface area contributed by atoms with Crippen LogP contribution in [-0.2, 0) is 0 Å². The van der Waals surface area contributed by atoms with Gasteiger partial charge in [0, 0.05) is 24.9 Å². The molecule has 3 nitrogen and oxygen atoms in total. The van der Waals surface area contributed by atoms with Crippen molar-refractivity contribution in [3.63, 3.8) is 0 Å². The summed E-state index contributed by atoms with van der Waals surface area (Å²) in [4.78, 5) is 7.35. The fourth-order valence-electron chi connectivity index (χ4n) is 3.29. The number of aliphatic imine (C=N–C) groups is 1. The summed E-state index contributed by atoms with van der Waals surface area (Å²) in [5.74, 6) is 3.00. The smallest absolute Gasteiger partial charge is 0.193 e. The largest absolute Gasteiger partial charge is 0.357 e. The van der Waals surface area contributed by atoms with Gasteiger partial charge in [-0.15, -0.1) is 0 Å². The molecular formula is C15H29N3S. The minimum absolute atomic E-state index is 0.610. The number of likely N-dealkylation sites (tertiary alicyclic amines) is 1. The Bertz CT molecular complexity index is 292. The predicted molar refractivity (Wildman–Crippen MR) is 86.0 cm³/mol. The molecule has 3 atom stereocenters. The lowest BCUT2D eigenvalue weighted by atomic mass is 9.82. The molecule has 2 aliphatic rings. The standard InChI is InChI=1S/C15H29N3S/c1-4-16-15(17-9-12(2)19-3)18-10-13-7-5-6-8-14(13)11-18/h12-14H,4-11H2,1-3H3,(H,16,17). The van der Waals surface area contributed by atoms with Crippen LogP contribution < -0.4 is 5.32 Å². The number of rotatable bonds is 4. The van der Waals surface area contributed by atoms with Crippen molar-refractivity contribution in [2.45, 2.75) is 44.8 Å². The molecule has 4 heteroatoms. The highest BCUT2D eigenvalue weighted by molar-refractivity contribution is 7.99. The first-order valence-electron chi connectivity index (χ1n) is 7.80. The third kappa shape index (κ3) is 4.04. The van der Waals surface area contributed by atoms with Crippen LogP contribution >= 0.6 is 11.8 Å². The zero-order valence-electron chi connectivity index (χ0n) is 12.7. The van der Waals surface area contributed by atoms with Crippen LogP contribution in [0.25, 0.3) is 0 Å². The second-order valence-corrected chi connectivity index (χ2v) is 7.23. The molecular weight excluding hydrogens is 254 g/mol. The molecule has 0 bridgehead atoms. The van der Waals surface area contributed by atoms with E-state index in [1.54, 1.807) is 0 Å². The SMILES string of the molecule is CCNC(=NCC(C)SC)N1CC2CCCCC2C1. The number of hydrogen-bond donors (Lipinski definition) is 1. The average molecular weight is 283 g/mol. The van der Waals surface area contributed by atoms with Gasteiger partial charge in [0.05, 0.1) is 6.54 Å². The molecule has 1 heterocycles. The summed E-state index contributed by atoms with van der Waals surface area (Å²) in [5.41, 5.74) is 0. The molecule has 0 amide bonds.